The summed E-state index contributed by atoms with van der Waals surface area (Å²) in [6.45, 7) is -0.136. The molecule has 0 aliphatic rings. The molecule has 0 saturated heterocycles. The van der Waals surface area contributed by atoms with Crippen LogP contribution >= 0.6 is 11.8 Å². The van der Waals surface area contributed by atoms with Crippen molar-refractivity contribution in [2.45, 2.75) is 12.7 Å². The van der Waals surface area contributed by atoms with Gasteiger partial charge in [-0.25, -0.2) is 14.6 Å². The first-order chi connectivity index (χ1) is 12.3. The van der Waals surface area contributed by atoms with E-state index in [1.165, 1.54) is 17.1 Å². The molecule has 0 spiro atoms. The van der Waals surface area contributed by atoms with Crippen LogP contribution in [0.1, 0.15) is 21.7 Å². The van der Waals surface area contributed by atoms with E-state index in [1.807, 2.05) is 0 Å². The third-order valence-electron chi connectivity index (χ3n) is 3.49. The van der Waals surface area contributed by atoms with E-state index in [-0.39, 0.29) is 23.3 Å². The van der Waals surface area contributed by atoms with E-state index in [0.29, 0.717) is 11.3 Å². The number of halogens is 4. The molecule has 8 nitrogen and oxygen atoms in total. The van der Waals surface area contributed by atoms with Gasteiger partial charge in [0.15, 0.2) is 11.5 Å². The van der Waals surface area contributed by atoms with Gasteiger partial charge < -0.3 is 5.32 Å². The zero-order valence-electron chi connectivity index (χ0n) is 13.2. The fourth-order valence-electron chi connectivity index (χ4n) is 2.28. The molecule has 0 atom stereocenters. The maximum atomic E-state index is 12.7. The molecule has 0 aliphatic carbocycles. The van der Waals surface area contributed by atoms with Gasteiger partial charge in [-0.3, -0.25) is 14.6 Å². The zero-order chi connectivity index (χ0) is 18.9. The number of anilines is 1. The van der Waals surface area contributed by atoms with E-state index in [1.54, 1.807) is 7.05 Å². The highest BCUT2D eigenvalue weighted by Crippen LogP contribution is 2.27. The quantitative estimate of drug-likeness (QED) is 0.669. The maximum Gasteiger partial charge on any atom is 0.433 e. The summed E-state index contributed by atoms with van der Waals surface area (Å²) in [6.07, 6.45) is -2.35. The Morgan fingerprint density at radius 1 is 1.27 bits per heavy atom. The van der Waals surface area contributed by atoms with Crippen molar-refractivity contribution >= 4 is 34.5 Å². The van der Waals surface area contributed by atoms with Gasteiger partial charge in [0, 0.05) is 31.6 Å². The molecule has 2 N–H and O–H groups in total. The molecular weight excluding hydrogens is 375 g/mol. The minimum atomic E-state index is -4.56. The molecule has 3 rings (SSSR count). The van der Waals surface area contributed by atoms with Gasteiger partial charge in [-0.05, 0) is 17.7 Å². The van der Waals surface area contributed by atoms with Gasteiger partial charge >= 0.3 is 6.18 Å². The average Bonchev–Trinajstić information content (AvgIpc) is 2.94. The number of alkyl halides is 3. The third kappa shape index (κ3) is 3.38. The molecule has 26 heavy (non-hydrogen) atoms. The number of hydrogen-bond acceptors (Lipinski definition) is 6. The van der Waals surface area contributed by atoms with Gasteiger partial charge in [-0.1, -0.05) is 0 Å². The van der Waals surface area contributed by atoms with Crippen LogP contribution in [0, 0.1) is 0 Å². The Kier molecular flexibility index (Phi) is 4.64. The number of nitrogens with zero attached hydrogens (tertiary/aromatic N) is 5. The van der Waals surface area contributed by atoms with Gasteiger partial charge in [0.2, 0.25) is 0 Å². The lowest BCUT2D eigenvalue weighted by molar-refractivity contribution is -0.141. The first kappa shape index (κ1) is 17.9. The zero-order valence-corrected chi connectivity index (χ0v) is 13.9. The number of carbonyl (C=O) groups is 1. The van der Waals surface area contributed by atoms with Crippen LogP contribution in [0.15, 0.2) is 24.7 Å². The highest BCUT2D eigenvalue weighted by molar-refractivity contribution is 6.25. The van der Waals surface area contributed by atoms with Gasteiger partial charge in [-0.2, -0.15) is 18.3 Å². The van der Waals surface area contributed by atoms with Gasteiger partial charge in [0.1, 0.15) is 23.1 Å². The van der Waals surface area contributed by atoms with Crippen molar-refractivity contribution in [3.8, 4) is 0 Å². The monoisotopic (exact) mass is 385 g/mol. The van der Waals surface area contributed by atoms with E-state index in [0.717, 1.165) is 12.3 Å². The second-order valence-electron chi connectivity index (χ2n) is 5.22. The average molecular weight is 386 g/mol. The summed E-state index contributed by atoms with van der Waals surface area (Å²) < 4.78 is 39.4. The fraction of sp³-hybridized carbons (Fsp3) is 0.214. The summed E-state index contributed by atoms with van der Waals surface area (Å²) in [5.74, 6) is -0.232. The summed E-state index contributed by atoms with van der Waals surface area (Å²) in [6, 6.07) is 2.24. The number of fused-ring (bicyclic) bond motifs is 1. The molecule has 3 aromatic heterocycles. The van der Waals surface area contributed by atoms with E-state index >= 15 is 0 Å². The number of aromatic nitrogens is 5. The number of nitrogens with one attached hydrogen (secondary N) is 2. The summed E-state index contributed by atoms with van der Waals surface area (Å²) in [7, 11) is 1.60. The minimum Gasteiger partial charge on any atom is -0.347 e. The Hall–Kier alpha value is -2.95. The molecule has 0 fully saturated rings. The summed E-state index contributed by atoms with van der Waals surface area (Å²) in [5, 5.41) is 6.64. The standard InChI is InChI=1S/C14H11ClF3N7O/c1-25-12(23-15)10-9(24-25)11(22-6-21-10)13(26)20-5-7-2-3-19-8(4-7)14(16,17)18/h2-4,6,23H,5H2,1H3,(H,20,26). The molecule has 3 heterocycles. The number of amides is 1. The van der Waals surface area contributed by atoms with Gasteiger partial charge in [0.25, 0.3) is 5.91 Å². The van der Waals surface area contributed by atoms with E-state index < -0.39 is 17.8 Å². The van der Waals surface area contributed by atoms with Gasteiger partial charge in [-0.15, -0.1) is 0 Å². The predicted octanol–water partition coefficient (Wildman–Crippen LogP) is 2.27. The van der Waals surface area contributed by atoms with Crippen LogP contribution in [0.3, 0.4) is 0 Å². The largest absolute Gasteiger partial charge is 0.433 e. The molecule has 0 radical (unpaired) electrons. The highest BCUT2D eigenvalue weighted by Gasteiger charge is 2.32. The predicted molar refractivity (Wildman–Crippen MR) is 86.2 cm³/mol. The van der Waals surface area contributed by atoms with Crippen molar-refractivity contribution < 1.29 is 18.0 Å². The summed E-state index contributed by atoms with van der Waals surface area (Å²) in [4.78, 5) is 26.0. The van der Waals surface area contributed by atoms with Crippen molar-refractivity contribution in [1.82, 2.24) is 30.0 Å². The van der Waals surface area contributed by atoms with Crippen LogP contribution in [0.2, 0.25) is 0 Å². The second-order valence-corrected chi connectivity index (χ2v) is 5.40. The fourth-order valence-corrected chi connectivity index (χ4v) is 2.49. The Labute approximate surface area is 149 Å². The Bertz CT molecular complexity index is 973. The van der Waals surface area contributed by atoms with Crippen LogP contribution < -0.4 is 10.2 Å². The maximum absolute atomic E-state index is 12.7. The van der Waals surface area contributed by atoms with Crippen molar-refractivity contribution in [3.05, 3.63) is 41.6 Å². The van der Waals surface area contributed by atoms with E-state index in [4.69, 9.17) is 11.8 Å². The normalized spacial score (nSPS) is 11.6. The molecule has 136 valence electrons. The Morgan fingerprint density at radius 2 is 2.04 bits per heavy atom. The number of hydrogen-bond donors (Lipinski definition) is 2. The molecule has 12 heteroatoms. The molecule has 0 bridgehead atoms. The summed E-state index contributed by atoms with van der Waals surface area (Å²) in [5.41, 5.74) is -0.257. The number of pyridine rings is 1. The Morgan fingerprint density at radius 3 is 2.73 bits per heavy atom. The first-order valence-electron chi connectivity index (χ1n) is 7.16. The van der Waals surface area contributed by atoms with Crippen molar-refractivity contribution in [2.24, 2.45) is 7.05 Å². The lowest BCUT2D eigenvalue weighted by Crippen LogP contribution is -2.24. The van der Waals surface area contributed by atoms with Crippen LogP contribution in [0.5, 0.6) is 0 Å². The van der Waals surface area contributed by atoms with E-state index in [2.05, 4.69) is 30.2 Å². The molecule has 0 aromatic carbocycles. The Balaban J connectivity index is 1.82. The van der Waals surface area contributed by atoms with Crippen molar-refractivity contribution in [3.63, 3.8) is 0 Å². The number of carbonyl (C=O) groups excluding carboxylic acids is 1. The van der Waals surface area contributed by atoms with Crippen LogP contribution in [-0.2, 0) is 19.8 Å². The first-order valence-corrected chi connectivity index (χ1v) is 7.53. The van der Waals surface area contributed by atoms with Gasteiger partial charge in [0.05, 0.1) is 0 Å². The summed E-state index contributed by atoms with van der Waals surface area (Å²) >= 11 is 5.61. The smallest absolute Gasteiger partial charge is 0.347 e. The molecule has 3 aromatic rings. The van der Waals surface area contributed by atoms with E-state index in [9.17, 15) is 18.0 Å². The van der Waals surface area contributed by atoms with Crippen molar-refractivity contribution in [2.75, 3.05) is 4.84 Å². The SMILES string of the molecule is Cn1nc2c(C(=O)NCc3ccnc(C(F)(F)F)c3)ncnc2c1NCl. The minimum absolute atomic E-state index is 0.0196. The molecule has 0 unspecified atom stereocenters. The lowest BCUT2D eigenvalue weighted by atomic mass is 10.2. The third-order valence-corrected chi connectivity index (χ3v) is 3.67. The highest BCUT2D eigenvalue weighted by atomic mass is 35.5. The van der Waals surface area contributed by atoms with Crippen LogP contribution in [0.25, 0.3) is 11.0 Å². The van der Waals surface area contributed by atoms with Crippen molar-refractivity contribution in [1.29, 1.82) is 0 Å². The van der Waals surface area contributed by atoms with Crippen LogP contribution in [0.4, 0.5) is 19.0 Å². The van der Waals surface area contributed by atoms with Crippen LogP contribution in [-0.4, -0.2) is 30.6 Å². The topological polar surface area (TPSA) is 97.6 Å². The molecule has 1 amide bonds. The number of aryl methyl sites for hydroxylation is 1. The molecule has 0 aliphatic heterocycles. The number of rotatable bonds is 4. The lowest BCUT2D eigenvalue weighted by Gasteiger charge is -2.08. The molecule has 0 saturated carbocycles. The second kappa shape index (κ2) is 6.75. The molecular formula is C14H11ClF3N7O.